The van der Waals surface area contributed by atoms with Crippen molar-refractivity contribution in [2.24, 2.45) is 0 Å². The summed E-state index contributed by atoms with van der Waals surface area (Å²) in [4.78, 5) is 19.2. The van der Waals surface area contributed by atoms with Crippen LogP contribution < -0.4 is 4.90 Å². The van der Waals surface area contributed by atoms with E-state index in [4.69, 9.17) is 0 Å². The average molecular weight is 342 g/mol. The Morgan fingerprint density at radius 2 is 1.62 bits per heavy atom. The first kappa shape index (κ1) is 16.0. The molecular weight excluding hydrogens is 327 g/mol. The summed E-state index contributed by atoms with van der Waals surface area (Å²) < 4.78 is 13.9. The van der Waals surface area contributed by atoms with Crippen LogP contribution in [-0.4, -0.2) is 10.9 Å². The Labute approximate surface area is 150 Å². The quantitative estimate of drug-likeness (QED) is 0.503. The third-order valence-corrected chi connectivity index (χ3v) is 4.14. The fourth-order valence-electron chi connectivity index (χ4n) is 2.96. The van der Waals surface area contributed by atoms with Gasteiger partial charge in [0.15, 0.2) is 0 Å². The Morgan fingerprint density at radius 1 is 0.846 bits per heavy atom. The van der Waals surface area contributed by atoms with Crippen molar-refractivity contribution in [1.29, 1.82) is 0 Å². The van der Waals surface area contributed by atoms with E-state index in [-0.39, 0.29) is 5.91 Å². The first-order valence-electron chi connectivity index (χ1n) is 8.23. The minimum atomic E-state index is -0.401. The second-order valence-electron chi connectivity index (χ2n) is 5.84. The maximum Gasteiger partial charge on any atom is 0.262 e. The zero-order valence-electron chi connectivity index (χ0n) is 13.8. The highest BCUT2D eigenvalue weighted by atomic mass is 19.1. The van der Waals surface area contributed by atoms with E-state index in [2.05, 4.69) is 4.98 Å². The summed E-state index contributed by atoms with van der Waals surface area (Å²) in [5.74, 6) is -0.643. The minimum absolute atomic E-state index is 0.241. The number of rotatable bonds is 3. The first-order valence-corrected chi connectivity index (χ1v) is 8.23. The highest BCUT2D eigenvalue weighted by Crippen LogP contribution is 2.32. The van der Waals surface area contributed by atoms with Crippen LogP contribution in [0.1, 0.15) is 10.4 Å². The molecule has 1 amide bonds. The first-order chi connectivity index (χ1) is 12.7. The molecule has 0 radical (unpaired) electrons. The molecule has 0 N–H and O–H groups in total. The highest BCUT2D eigenvalue weighted by molar-refractivity contribution is 6.14. The number of carbonyl (C=O) groups is 1. The van der Waals surface area contributed by atoms with Gasteiger partial charge in [0.1, 0.15) is 5.82 Å². The van der Waals surface area contributed by atoms with Gasteiger partial charge in [-0.3, -0.25) is 14.7 Å². The lowest BCUT2D eigenvalue weighted by molar-refractivity contribution is 0.0999. The van der Waals surface area contributed by atoms with Crippen molar-refractivity contribution in [3.8, 4) is 0 Å². The summed E-state index contributed by atoms with van der Waals surface area (Å²) in [6.07, 6.45) is 1.68. The monoisotopic (exact) mass is 342 g/mol. The summed E-state index contributed by atoms with van der Waals surface area (Å²) in [7, 11) is 0. The summed E-state index contributed by atoms with van der Waals surface area (Å²) in [6, 6.07) is 24.4. The van der Waals surface area contributed by atoms with Gasteiger partial charge in [-0.2, -0.15) is 0 Å². The molecule has 1 aromatic heterocycles. The van der Waals surface area contributed by atoms with Gasteiger partial charge in [-0.25, -0.2) is 4.39 Å². The summed E-state index contributed by atoms with van der Waals surface area (Å²) >= 11 is 0. The lowest BCUT2D eigenvalue weighted by Crippen LogP contribution is -2.26. The van der Waals surface area contributed by atoms with Crippen molar-refractivity contribution in [2.75, 3.05) is 4.90 Å². The molecule has 4 aromatic rings. The standard InChI is InChI=1S/C22H15FN2O/c23-18-11-5-12-19(15-18)25(22(26)17-7-2-1-3-8-17)20-13-4-9-16-10-6-14-24-21(16)20/h1-15H. The molecule has 3 nitrogen and oxygen atoms in total. The predicted octanol–water partition coefficient (Wildman–Crippen LogP) is 5.35. The zero-order valence-corrected chi connectivity index (χ0v) is 13.8. The fraction of sp³-hybridized carbons (Fsp3) is 0. The Bertz CT molecular complexity index is 1070. The fourth-order valence-corrected chi connectivity index (χ4v) is 2.96. The minimum Gasteiger partial charge on any atom is -0.275 e. The number of benzene rings is 3. The molecule has 3 aromatic carbocycles. The lowest BCUT2D eigenvalue weighted by Gasteiger charge is -2.24. The number of anilines is 2. The molecule has 0 aliphatic heterocycles. The second-order valence-corrected chi connectivity index (χ2v) is 5.84. The molecule has 0 aliphatic carbocycles. The topological polar surface area (TPSA) is 33.2 Å². The van der Waals surface area contributed by atoms with E-state index in [1.807, 2.05) is 36.4 Å². The van der Waals surface area contributed by atoms with Crippen LogP contribution in [0.15, 0.2) is 91.1 Å². The molecule has 0 atom stereocenters. The third kappa shape index (κ3) is 2.93. The largest absolute Gasteiger partial charge is 0.275 e. The normalized spacial score (nSPS) is 10.7. The lowest BCUT2D eigenvalue weighted by atomic mass is 10.1. The maximum absolute atomic E-state index is 13.9. The molecule has 0 spiro atoms. The van der Waals surface area contributed by atoms with Crippen LogP contribution in [0.5, 0.6) is 0 Å². The highest BCUT2D eigenvalue weighted by Gasteiger charge is 2.22. The van der Waals surface area contributed by atoms with Gasteiger partial charge in [-0.15, -0.1) is 0 Å². The number of carbonyl (C=O) groups excluding carboxylic acids is 1. The number of pyridine rings is 1. The molecule has 4 heteroatoms. The molecule has 0 unspecified atom stereocenters. The molecule has 4 rings (SSSR count). The van der Waals surface area contributed by atoms with E-state index in [0.717, 1.165) is 5.39 Å². The number of amides is 1. The van der Waals surface area contributed by atoms with Crippen molar-refractivity contribution >= 4 is 28.2 Å². The molecule has 126 valence electrons. The van der Waals surface area contributed by atoms with Crippen LogP contribution in [0.3, 0.4) is 0 Å². The molecular formula is C22H15FN2O. The predicted molar refractivity (Wildman–Crippen MR) is 101 cm³/mol. The zero-order chi connectivity index (χ0) is 17.9. The van der Waals surface area contributed by atoms with Crippen LogP contribution in [0.4, 0.5) is 15.8 Å². The van der Waals surface area contributed by atoms with E-state index in [9.17, 15) is 9.18 Å². The Morgan fingerprint density at radius 3 is 2.42 bits per heavy atom. The van der Waals surface area contributed by atoms with Crippen molar-refractivity contribution < 1.29 is 9.18 Å². The van der Waals surface area contributed by atoms with E-state index in [0.29, 0.717) is 22.5 Å². The van der Waals surface area contributed by atoms with Gasteiger partial charge in [0.25, 0.3) is 5.91 Å². The van der Waals surface area contributed by atoms with Crippen LogP contribution in [0, 0.1) is 5.82 Å². The molecule has 0 bridgehead atoms. The van der Waals surface area contributed by atoms with Gasteiger partial charge in [-0.05, 0) is 42.5 Å². The smallest absolute Gasteiger partial charge is 0.262 e. The van der Waals surface area contributed by atoms with Crippen molar-refractivity contribution in [3.05, 3.63) is 103 Å². The number of nitrogens with zero attached hydrogens (tertiary/aromatic N) is 2. The van der Waals surface area contributed by atoms with Crippen molar-refractivity contribution in [2.45, 2.75) is 0 Å². The maximum atomic E-state index is 13.9. The second kappa shape index (κ2) is 6.76. The molecule has 1 heterocycles. The van der Waals surface area contributed by atoms with Gasteiger partial charge in [0, 0.05) is 17.1 Å². The van der Waals surface area contributed by atoms with Crippen LogP contribution in [0.25, 0.3) is 10.9 Å². The van der Waals surface area contributed by atoms with Gasteiger partial charge < -0.3 is 0 Å². The number of fused-ring (bicyclic) bond motifs is 1. The summed E-state index contributed by atoms with van der Waals surface area (Å²) in [6.45, 7) is 0. The van der Waals surface area contributed by atoms with E-state index >= 15 is 0 Å². The van der Waals surface area contributed by atoms with Gasteiger partial charge in [0.05, 0.1) is 16.9 Å². The third-order valence-electron chi connectivity index (χ3n) is 4.14. The van der Waals surface area contributed by atoms with Gasteiger partial charge >= 0.3 is 0 Å². The molecule has 0 fully saturated rings. The molecule has 0 saturated heterocycles. The average Bonchev–Trinajstić information content (AvgIpc) is 2.69. The number of hydrogen-bond acceptors (Lipinski definition) is 2. The van der Waals surface area contributed by atoms with Crippen molar-refractivity contribution in [3.63, 3.8) is 0 Å². The molecule has 0 aliphatic rings. The Balaban J connectivity index is 1.95. The van der Waals surface area contributed by atoms with E-state index in [1.54, 1.807) is 42.6 Å². The summed E-state index contributed by atoms with van der Waals surface area (Å²) in [5, 5.41) is 0.910. The van der Waals surface area contributed by atoms with Gasteiger partial charge in [-0.1, -0.05) is 42.5 Å². The van der Waals surface area contributed by atoms with Gasteiger partial charge in [0.2, 0.25) is 0 Å². The molecule has 0 saturated carbocycles. The number of aromatic nitrogens is 1. The van der Waals surface area contributed by atoms with E-state index in [1.165, 1.54) is 17.0 Å². The Kier molecular flexibility index (Phi) is 4.15. The number of hydrogen-bond donors (Lipinski definition) is 0. The van der Waals surface area contributed by atoms with Crippen LogP contribution in [0.2, 0.25) is 0 Å². The number of halogens is 1. The molecule has 26 heavy (non-hydrogen) atoms. The summed E-state index contributed by atoms with van der Waals surface area (Å²) in [5.41, 5.74) is 2.27. The van der Waals surface area contributed by atoms with Crippen LogP contribution >= 0.6 is 0 Å². The van der Waals surface area contributed by atoms with Crippen molar-refractivity contribution in [1.82, 2.24) is 4.98 Å². The number of para-hydroxylation sites is 1. The SMILES string of the molecule is O=C(c1ccccc1)N(c1cccc(F)c1)c1cccc2cccnc12. The van der Waals surface area contributed by atoms with E-state index < -0.39 is 5.82 Å². The Hall–Kier alpha value is -3.53. The van der Waals surface area contributed by atoms with Crippen LogP contribution in [-0.2, 0) is 0 Å².